The Morgan fingerprint density at radius 2 is 1.82 bits per heavy atom. The number of anilines is 2. The molecule has 2 rings (SSSR count). The first-order chi connectivity index (χ1) is 8.19. The van der Waals surface area contributed by atoms with Gasteiger partial charge >= 0.3 is 0 Å². The fourth-order valence-electron chi connectivity index (χ4n) is 1.42. The molecule has 0 bridgehead atoms. The van der Waals surface area contributed by atoms with E-state index in [-0.39, 0.29) is 5.75 Å². The number of ether oxygens (including phenoxy) is 1. The van der Waals surface area contributed by atoms with Crippen molar-refractivity contribution in [3.63, 3.8) is 0 Å². The molecule has 88 valence electrons. The van der Waals surface area contributed by atoms with Crippen LogP contribution in [0.5, 0.6) is 11.5 Å². The number of hydrogen-bond acceptors (Lipinski definition) is 3. The van der Waals surface area contributed by atoms with Crippen LogP contribution >= 0.6 is 0 Å². The maximum absolute atomic E-state index is 13.6. The summed E-state index contributed by atoms with van der Waals surface area (Å²) in [6, 6.07) is 11.0. The first-order valence-electron chi connectivity index (χ1n) is 5.08. The lowest BCUT2D eigenvalue weighted by Crippen LogP contribution is -1.94. The van der Waals surface area contributed by atoms with Gasteiger partial charge in [0.1, 0.15) is 17.3 Å². The highest BCUT2D eigenvalue weighted by Gasteiger charge is 2.04. The molecule has 0 aromatic heterocycles. The van der Waals surface area contributed by atoms with E-state index in [9.17, 15) is 4.39 Å². The first kappa shape index (κ1) is 11.3. The first-order valence-corrected chi connectivity index (χ1v) is 5.08. The summed E-state index contributed by atoms with van der Waals surface area (Å²) >= 11 is 0. The molecule has 0 unspecified atom stereocenters. The van der Waals surface area contributed by atoms with Gasteiger partial charge < -0.3 is 15.2 Å². The Morgan fingerprint density at radius 3 is 2.41 bits per heavy atom. The Balaban J connectivity index is 2.21. The molecule has 0 aliphatic heterocycles. The minimum Gasteiger partial charge on any atom is -0.508 e. The molecular formula is C13H12FNO2. The lowest BCUT2D eigenvalue weighted by molar-refractivity contribution is 0.411. The number of halogens is 1. The van der Waals surface area contributed by atoms with Crippen LogP contribution in [0.3, 0.4) is 0 Å². The largest absolute Gasteiger partial charge is 0.508 e. The molecule has 2 aromatic rings. The molecule has 0 atom stereocenters. The van der Waals surface area contributed by atoms with Crippen molar-refractivity contribution in [2.24, 2.45) is 0 Å². The zero-order valence-electron chi connectivity index (χ0n) is 9.27. The van der Waals surface area contributed by atoms with Crippen LogP contribution in [0.25, 0.3) is 0 Å². The Morgan fingerprint density at radius 1 is 1.12 bits per heavy atom. The third kappa shape index (κ3) is 2.66. The van der Waals surface area contributed by atoms with Crippen molar-refractivity contribution >= 4 is 11.4 Å². The van der Waals surface area contributed by atoms with Crippen LogP contribution in [0, 0.1) is 5.82 Å². The lowest BCUT2D eigenvalue weighted by Gasteiger charge is -2.08. The number of benzene rings is 2. The lowest BCUT2D eigenvalue weighted by atomic mass is 10.2. The number of hydrogen-bond donors (Lipinski definition) is 2. The van der Waals surface area contributed by atoms with Crippen LogP contribution in [0.1, 0.15) is 0 Å². The van der Waals surface area contributed by atoms with Crippen molar-refractivity contribution in [3.05, 3.63) is 48.3 Å². The fraction of sp³-hybridized carbons (Fsp3) is 0.0769. The van der Waals surface area contributed by atoms with E-state index in [1.165, 1.54) is 25.3 Å². The van der Waals surface area contributed by atoms with Gasteiger partial charge in [0.15, 0.2) is 0 Å². The van der Waals surface area contributed by atoms with E-state index < -0.39 is 5.82 Å². The number of rotatable bonds is 3. The number of nitrogens with one attached hydrogen (secondary N) is 1. The summed E-state index contributed by atoms with van der Waals surface area (Å²) in [7, 11) is 1.49. The second-order valence-electron chi connectivity index (χ2n) is 3.52. The van der Waals surface area contributed by atoms with Crippen molar-refractivity contribution in [3.8, 4) is 11.5 Å². The van der Waals surface area contributed by atoms with Gasteiger partial charge in [0, 0.05) is 11.8 Å². The molecule has 0 saturated heterocycles. The van der Waals surface area contributed by atoms with E-state index in [1.807, 2.05) is 0 Å². The molecule has 2 aromatic carbocycles. The highest BCUT2D eigenvalue weighted by molar-refractivity contribution is 5.61. The predicted octanol–water partition coefficient (Wildman–Crippen LogP) is 3.28. The number of aromatic hydroxyl groups is 1. The van der Waals surface area contributed by atoms with E-state index in [0.717, 1.165) is 0 Å². The molecule has 0 saturated carbocycles. The van der Waals surface area contributed by atoms with Crippen LogP contribution < -0.4 is 10.1 Å². The Bertz CT molecular complexity index is 511. The average Bonchev–Trinajstić information content (AvgIpc) is 2.34. The van der Waals surface area contributed by atoms with Gasteiger partial charge in [-0.1, -0.05) is 0 Å². The smallest absolute Gasteiger partial charge is 0.150 e. The summed E-state index contributed by atoms with van der Waals surface area (Å²) in [5.74, 6) is 0.252. The second-order valence-corrected chi connectivity index (χ2v) is 3.52. The predicted molar refractivity (Wildman–Crippen MR) is 64.3 cm³/mol. The SMILES string of the molecule is COc1ccc(Nc2ccc(O)cc2)c(F)c1. The Kier molecular flexibility index (Phi) is 3.14. The summed E-state index contributed by atoms with van der Waals surface area (Å²) in [5.41, 5.74) is 1.06. The molecule has 0 aliphatic carbocycles. The van der Waals surface area contributed by atoms with Gasteiger partial charge in [0.25, 0.3) is 0 Å². The van der Waals surface area contributed by atoms with E-state index in [1.54, 1.807) is 24.3 Å². The highest BCUT2D eigenvalue weighted by Crippen LogP contribution is 2.24. The van der Waals surface area contributed by atoms with Crippen LogP contribution in [0.4, 0.5) is 15.8 Å². The van der Waals surface area contributed by atoms with Crippen molar-refractivity contribution in [2.75, 3.05) is 12.4 Å². The summed E-state index contributed by atoms with van der Waals surface area (Å²) in [6.07, 6.45) is 0. The van der Waals surface area contributed by atoms with Crippen LogP contribution in [0.15, 0.2) is 42.5 Å². The second kappa shape index (κ2) is 4.74. The maximum Gasteiger partial charge on any atom is 0.150 e. The van der Waals surface area contributed by atoms with Crippen LogP contribution in [-0.2, 0) is 0 Å². The molecule has 4 heteroatoms. The van der Waals surface area contributed by atoms with Gasteiger partial charge in [-0.3, -0.25) is 0 Å². The molecule has 0 heterocycles. The van der Waals surface area contributed by atoms with Crippen LogP contribution in [0.2, 0.25) is 0 Å². The Hall–Kier alpha value is -2.23. The minimum atomic E-state index is -0.391. The van der Waals surface area contributed by atoms with E-state index in [0.29, 0.717) is 17.1 Å². The van der Waals surface area contributed by atoms with Crippen molar-refractivity contribution in [1.29, 1.82) is 0 Å². The van der Waals surface area contributed by atoms with E-state index in [2.05, 4.69) is 5.32 Å². The summed E-state index contributed by atoms with van der Waals surface area (Å²) in [4.78, 5) is 0. The molecule has 17 heavy (non-hydrogen) atoms. The van der Waals surface area contributed by atoms with Crippen molar-refractivity contribution < 1.29 is 14.2 Å². The summed E-state index contributed by atoms with van der Waals surface area (Å²) in [6.45, 7) is 0. The van der Waals surface area contributed by atoms with Crippen molar-refractivity contribution in [2.45, 2.75) is 0 Å². The quantitative estimate of drug-likeness (QED) is 0.799. The Labute approximate surface area is 98.5 Å². The van der Waals surface area contributed by atoms with Gasteiger partial charge in [-0.05, 0) is 36.4 Å². The monoisotopic (exact) mass is 233 g/mol. The summed E-state index contributed by atoms with van der Waals surface area (Å²) < 4.78 is 18.5. The zero-order valence-corrected chi connectivity index (χ0v) is 9.27. The third-order valence-corrected chi connectivity index (χ3v) is 2.32. The van der Waals surface area contributed by atoms with Crippen LogP contribution in [-0.4, -0.2) is 12.2 Å². The van der Waals surface area contributed by atoms with Gasteiger partial charge in [-0.15, -0.1) is 0 Å². The molecule has 0 aliphatic rings. The van der Waals surface area contributed by atoms with E-state index in [4.69, 9.17) is 9.84 Å². The average molecular weight is 233 g/mol. The van der Waals surface area contributed by atoms with E-state index >= 15 is 0 Å². The number of phenolic OH excluding ortho intramolecular Hbond substituents is 1. The summed E-state index contributed by atoms with van der Waals surface area (Å²) in [5, 5.41) is 12.0. The molecule has 0 spiro atoms. The van der Waals surface area contributed by atoms with Gasteiger partial charge in [0.2, 0.25) is 0 Å². The van der Waals surface area contributed by atoms with Gasteiger partial charge in [-0.2, -0.15) is 0 Å². The molecule has 2 N–H and O–H groups in total. The standard InChI is InChI=1S/C13H12FNO2/c1-17-11-6-7-13(12(14)8-11)15-9-2-4-10(16)5-3-9/h2-8,15-16H,1H3. The van der Waals surface area contributed by atoms with Gasteiger partial charge in [-0.25, -0.2) is 4.39 Å². The molecule has 0 radical (unpaired) electrons. The van der Waals surface area contributed by atoms with Gasteiger partial charge in [0.05, 0.1) is 12.8 Å². The van der Waals surface area contributed by atoms with Crippen molar-refractivity contribution in [1.82, 2.24) is 0 Å². The molecule has 3 nitrogen and oxygen atoms in total. The zero-order chi connectivity index (χ0) is 12.3. The number of methoxy groups -OCH3 is 1. The molecule has 0 fully saturated rings. The highest BCUT2D eigenvalue weighted by atomic mass is 19.1. The maximum atomic E-state index is 13.6. The third-order valence-electron chi connectivity index (χ3n) is 2.32. The minimum absolute atomic E-state index is 0.172. The molecular weight excluding hydrogens is 221 g/mol. The topological polar surface area (TPSA) is 41.5 Å². The fourth-order valence-corrected chi connectivity index (χ4v) is 1.42. The number of phenols is 1. The molecule has 0 amide bonds. The normalized spacial score (nSPS) is 10.0.